The molecule has 0 aliphatic carbocycles. The van der Waals surface area contributed by atoms with Crippen LogP contribution in [0.1, 0.15) is 12.5 Å². The highest BCUT2D eigenvalue weighted by Crippen LogP contribution is 2.36. The van der Waals surface area contributed by atoms with Gasteiger partial charge in [-0.05, 0) is 18.6 Å². The Kier molecular flexibility index (Phi) is 2.64. The second-order valence-corrected chi connectivity index (χ2v) is 3.95. The van der Waals surface area contributed by atoms with Crippen LogP contribution in [0.4, 0.5) is 0 Å². The monoisotopic (exact) mass is 250 g/mol. The van der Waals surface area contributed by atoms with Gasteiger partial charge in [0.15, 0.2) is 11.5 Å². The summed E-state index contributed by atoms with van der Waals surface area (Å²) in [5, 5.41) is 9.70. The maximum absolute atomic E-state index is 11.5. The normalized spacial score (nSPS) is 19.9. The Balaban J connectivity index is 1.90. The van der Waals surface area contributed by atoms with Crippen molar-refractivity contribution in [1.82, 2.24) is 0 Å². The van der Waals surface area contributed by atoms with Crippen LogP contribution in [0.25, 0.3) is 0 Å². The summed E-state index contributed by atoms with van der Waals surface area (Å²) in [5.74, 6) is 0.183. The molecule has 1 unspecified atom stereocenters. The Morgan fingerprint density at radius 1 is 1.56 bits per heavy atom. The molecular formula is C11H11BO6. The largest absolute Gasteiger partial charge is 0.495 e. The van der Waals surface area contributed by atoms with Gasteiger partial charge in [0.1, 0.15) is 0 Å². The molecule has 2 heterocycles. The Morgan fingerprint density at radius 2 is 2.39 bits per heavy atom. The summed E-state index contributed by atoms with van der Waals surface area (Å²) < 4.78 is 20.6. The third-order valence-corrected chi connectivity index (χ3v) is 2.83. The molecule has 0 aromatic heterocycles. The first kappa shape index (κ1) is 11.4. The highest BCUT2D eigenvalue weighted by Gasteiger charge is 2.40. The molecule has 2 aliphatic rings. The van der Waals surface area contributed by atoms with Crippen LogP contribution in [-0.2, 0) is 20.8 Å². The van der Waals surface area contributed by atoms with E-state index in [1.54, 1.807) is 19.1 Å². The molecule has 18 heavy (non-hydrogen) atoms. The molecular weight excluding hydrogens is 239 g/mol. The van der Waals surface area contributed by atoms with Crippen molar-refractivity contribution in [2.45, 2.75) is 19.8 Å². The molecule has 1 atom stereocenters. The highest BCUT2D eigenvalue weighted by molar-refractivity contribution is 6.62. The maximum Gasteiger partial charge on any atom is 0.495 e. The van der Waals surface area contributed by atoms with Crippen molar-refractivity contribution in [2.75, 3.05) is 6.61 Å². The summed E-state index contributed by atoms with van der Waals surface area (Å²) in [4.78, 5) is 11.5. The summed E-state index contributed by atoms with van der Waals surface area (Å²) in [6, 6.07) is 3.47. The van der Waals surface area contributed by atoms with Gasteiger partial charge in [-0.3, -0.25) is 0 Å². The average molecular weight is 250 g/mol. The quantitative estimate of drug-likeness (QED) is 0.566. The third-order valence-electron chi connectivity index (χ3n) is 2.83. The number of ether oxygens (including phenoxy) is 3. The van der Waals surface area contributed by atoms with E-state index in [-0.39, 0.29) is 6.61 Å². The number of carbonyl (C=O) groups excluding carboxylic acids is 1. The maximum atomic E-state index is 11.5. The van der Waals surface area contributed by atoms with E-state index in [4.69, 9.17) is 18.9 Å². The van der Waals surface area contributed by atoms with Gasteiger partial charge in [0.2, 0.25) is 0 Å². The fourth-order valence-corrected chi connectivity index (χ4v) is 2.04. The van der Waals surface area contributed by atoms with Gasteiger partial charge < -0.3 is 23.9 Å². The zero-order chi connectivity index (χ0) is 12.7. The number of hydrogen-bond acceptors (Lipinski definition) is 6. The minimum Gasteiger partial charge on any atom is -0.460 e. The zero-order valence-electron chi connectivity index (χ0n) is 9.71. The van der Waals surface area contributed by atoms with Gasteiger partial charge in [-0.25, -0.2) is 4.79 Å². The lowest BCUT2D eigenvalue weighted by Crippen LogP contribution is -2.33. The minimum atomic E-state index is -1.11. The predicted molar refractivity (Wildman–Crippen MR) is 60.5 cm³/mol. The lowest BCUT2D eigenvalue weighted by atomic mass is 9.78. The van der Waals surface area contributed by atoms with E-state index in [9.17, 15) is 9.82 Å². The van der Waals surface area contributed by atoms with E-state index in [0.29, 0.717) is 23.6 Å². The van der Waals surface area contributed by atoms with Crippen molar-refractivity contribution in [3.63, 3.8) is 0 Å². The van der Waals surface area contributed by atoms with E-state index < -0.39 is 19.4 Å². The second-order valence-electron chi connectivity index (χ2n) is 3.95. The molecule has 0 spiro atoms. The number of benzene rings is 1. The summed E-state index contributed by atoms with van der Waals surface area (Å²) in [6.45, 7) is 2.27. The van der Waals surface area contributed by atoms with E-state index in [2.05, 4.69) is 0 Å². The van der Waals surface area contributed by atoms with Crippen LogP contribution < -0.4 is 14.9 Å². The van der Waals surface area contributed by atoms with Crippen LogP contribution in [-0.4, -0.2) is 31.0 Å². The number of carbonyl (C=O) groups is 1. The summed E-state index contributed by atoms with van der Waals surface area (Å²) >= 11 is 0. The van der Waals surface area contributed by atoms with Gasteiger partial charge in [0.05, 0.1) is 13.2 Å². The Labute approximate surface area is 104 Å². The van der Waals surface area contributed by atoms with Gasteiger partial charge in [0.25, 0.3) is 0 Å². The first-order valence-electron chi connectivity index (χ1n) is 5.66. The summed E-state index contributed by atoms with van der Waals surface area (Å²) in [6.07, 6.45) is -1.11. The van der Waals surface area contributed by atoms with Gasteiger partial charge in [-0.1, -0.05) is 6.07 Å². The molecule has 94 valence electrons. The topological polar surface area (TPSA) is 74.2 Å². The fourth-order valence-electron chi connectivity index (χ4n) is 2.04. The Hall–Kier alpha value is -1.73. The zero-order valence-corrected chi connectivity index (χ0v) is 9.71. The summed E-state index contributed by atoms with van der Waals surface area (Å²) in [5.41, 5.74) is 1.36. The predicted octanol–water partition coefficient (Wildman–Crippen LogP) is -0.435. The lowest BCUT2D eigenvalue weighted by Gasteiger charge is -2.08. The van der Waals surface area contributed by atoms with Crippen LogP contribution in [0.5, 0.6) is 11.5 Å². The highest BCUT2D eigenvalue weighted by atomic mass is 16.7. The molecule has 0 fully saturated rings. The van der Waals surface area contributed by atoms with E-state index >= 15 is 0 Å². The van der Waals surface area contributed by atoms with Gasteiger partial charge in [-0.2, -0.15) is 0 Å². The number of fused-ring (bicyclic) bond motifs is 3. The van der Waals surface area contributed by atoms with Crippen molar-refractivity contribution >= 4 is 18.6 Å². The standard InChI is InChI=1S/C11H11BO6/c1-2-15-10(13)11-17-7-4-3-6-5-16-12(14)8(6)9(7)18-11/h3-4,11,14H,2,5H2,1H3. The molecule has 0 saturated heterocycles. The number of esters is 1. The molecule has 1 aromatic rings. The van der Waals surface area contributed by atoms with Crippen LogP contribution in [0.3, 0.4) is 0 Å². The molecule has 3 rings (SSSR count). The SMILES string of the molecule is CCOC(=O)C1Oc2ccc3c(c2O1)B(O)OC3. The van der Waals surface area contributed by atoms with Gasteiger partial charge in [-0.15, -0.1) is 0 Å². The van der Waals surface area contributed by atoms with E-state index in [1.165, 1.54) is 0 Å². The molecule has 0 radical (unpaired) electrons. The molecule has 7 heteroatoms. The molecule has 0 amide bonds. The molecule has 6 nitrogen and oxygen atoms in total. The molecule has 0 bridgehead atoms. The van der Waals surface area contributed by atoms with Crippen LogP contribution in [0, 0.1) is 0 Å². The van der Waals surface area contributed by atoms with Crippen molar-refractivity contribution in [3.05, 3.63) is 17.7 Å². The van der Waals surface area contributed by atoms with Crippen molar-refractivity contribution < 1.29 is 28.7 Å². The Bertz CT molecular complexity index is 503. The second kappa shape index (κ2) is 4.18. The molecule has 2 aliphatic heterocycles. The average Bonchev–Trinajstić information content (AvgIpc) is 2.92. The molecule has 1 aromatic carbocycles. The lowest BCUT2D eigenvalue weighted by molar-refractivity contribution is -0.161. The van der Waals surface area contributed by atoms with Crippen molar-refractivity contribution in [3.8, 4) is 11.5 Å². The number of hydrogen-bond donors (Lipinski definition) is 1. The van der Waals surface area contributed by atoms with Crippen LogP contribution in [0.2, 0.25) is 0 Å². The molecule has 0 saturated carbocycles. The van der Waals surface area contributed by atoms with E-state index in [1.807, 2.05) is 0 Å². The minimum absolute atomic E-state index is 0.252. The third kappa shape index (κ3) is 1.63. The summed E-state index contributed by atoms with van der Waals surface area (Å²) in [7, 11) is -1.04. The van der Waals surface area contributed by atoms with Crippen molar-refractivity contribution in [2.24, 2.45) is 0 Å². The molecule has 1 N–H and O–H groups in total. The Morgan fingerprint density at radius 3 is 3.17 bits per heavy atom. The fraction of sp³-hybridized carbons (Fsp3) is 0.364. The van der Waals surface area contributed by atoms with E-state index in [0.717, 1.165) is 5.56 Å². The number of rotatable bonds is 2. The van der Waals surface area contributed by atoms with Crippen LogP contribution >= 0.6 is 0 Å². The van der Waals surface area contributed by atoms with Crippen molar-refractivity contribution in [1.29, 1.82) is 0 Å². The first-order valence-corrected chi connectivity index (χ1v) is 5.66. The van der Waals surface area contributed by atoms with Gasteiger partial charge >= 0.3 is 19.4 Å². The smallest absolute Gasteiger partial charge is 0.460 e. The first-order chi connectivity index (χ1) is 8.70. The van der Waals surface area contributed by atoms with Gasteiger partial charge in [0, 0.05) is 5.46 Å². The van der Waals surface area contributed by atoms with Crippen LogP contribution in [0.15, 0.2) is 12.1 Å².